The number of benzene rings is 2. The Morgan fingerprint density at radius 3 is 2.07 bits per heavy atom. The van der Waals surface area contributed by atoms with E-state index in [2.05, 4.69) is 43.3 Å². The van der Waals surface area contributed by atoms with Gasteiger partial charge in [-0.15, -0.1) is 12.4 Å². The molecule has 0 fully saturated rings. The minimum Gasteiger partial charge on any atom is -0.388 e. The Morgan fingerprint density at radius 1 is 1.00 bits per heavy atom. The average molecular weight is 393 g/mol. The van der Waals surface area contributed by atoms with Crippen LogP contribution in [0.5, 0.6) is 0 Å². The second-order valence-corrected chi connectivity index (χ2v) is 6.85. The highest BCUT2D eigenvalue weighted by molar-refractivity contribution is 5.85. The van der Waals surface area contributed by atoms with Gasteiger partial charge in [0, 0.05) is 13.0 Å². The number of halogens is 1. The molecule has 0 heterocycles. The molecule has 0 spiro atoms. The molecule has 1 unspecified atom stereocenters. The van der Waals surface area contributed by atoms with Gasteiger partial charge in [0.15, 0.2) is 0 Å². The molecular weight excluding hydrogens is 364 g/mol. The third kappa shape index (κ3) is 7.69. The molecule has 0 aliphatic carbocycles. The van der Waals surface area contributed by atoms with Crippen molar-refractivity contribution in [3.8, 4) is 11.1 Å². The summed E-state index contributed by atoms with van der Waals surface area (Å²) in [5.74, 6) is -0.388. The molecular formula is C21H29ClN2O3. The summed E-state index contributed by atoms with van der Waals surface area (Å²) in [6.45, 7) is 0.922. The van der Waals surface area contributed by atoms with Crippen LogP contribution in [0.2, 0.25) is 0 Å². The lowest BCUT2D eigenvalue weighted by molar-refractivity contribution is -0.129. The lowest BCUT2D eigenvalue weighted by atomic mass is 9.98. The smallest absolute Gasteiger partial charge is 0.243 e. The molecule has 2 aromatic carbocycles. The predicted molar refractivity (Wildman–Crippen MR) is 110 cm³/mol. The molecule has 0 radical (unpaired) electrons. The second kappa shape index (κ2) is 11.7. The Bertz CT molecular complexity index is 688. The molecule has 6 heteroatoms. The Hall–Kier alpha value is -1.92. The van der Waals surface area contributed by atoms with Gasteiger partial charge in [0.05, 0.1) is 6.10 Å². The largest absolute Gasteiger partial charge is 0.388 e. The average Bonchev–Trinajstić information content (AvgIpc) is 2.65. The number of amides is 1. The molecule has 0 aliphatic heterocycles. The van der Waals surface area contributed by atoms with Crippen LogP contribution in [0.1, 0.15) is 42.9 Å². The van der Waals surface area contributed by atoms with Gasteiger partial charge < -0.3 is 10.0 Å². The van der Waals surface area contributed by atoms with Crippen molar-refractivity contribution in [1.29, 1.82) is 0 Å². The molecule has 0 saturated heterocycles. The number of hydroxylamine groups is 1. The van der Waals surface area contributed by atoms with E-state index < -0.39 is 6.10 Å². The molecule has 27 heavy (non-hydrogen) atoms. The van der Waals surface area contributed by atoms with Crippen molar-refractivity contribution in [2.24, 2.45) is 0 Å². The van der Waals surface area contributed by atoms with Crippen LogP contribution in [0, 0.1) is 0 Å². The molecule has 3 N–H and O–H groups in total. The Balaban J connectivity index is 0.00000364. The number of aliphatic hydroxyl groups is 1. The molecule has 0 aromatic heterocycles. The van der Waals surface area contributed by atoms with Crippen molar-refractivity contribution < 1.29 is 15.1 Å². The first-order valence-electron chi connectivity index (χ1n) is 8.94. The number of rotatable bonds is 9. The summed E-state index contributed by atoms with van der Waals surface area (Å²) in [5.41, 5.74) is 6.05. The van der Waals surface area contributed by atoms with Gasteiger partial charge >= 0.3 is 0 Å². The van der Waals surface area contributed by atoms with E-state index in [1.54, 1.807) is 5.48 Å². The maximum atomic E-state index is 10.9. The predicted octanol–water partition coefficient (Wildman–Crippen LogP) is 3.94. The molecule has 1 atom stereocenters. The van der Waals surface area contributed by atoms with E-state index in [1.807, 2.05) is 24.3 Å². The fourth-order valence-corrected chi connectivity index (χ4v) is 2.91. The van der Waals surface area contributed by atoms with E-state index in [0.717, 1.165) is 29.7 Å². The van der Waals surface area contributed by atoms with Crippen molar-refractivity contribution in [3.63, 3.8) is 0 Å². The maximum Gasteiger partial charge on any atom is 0.243 e. The van der Waals surface area contributed by atoms with Gasteiger partial charge in [0.2, 0.25) is 5.91 Å². The number of carbonyl (C=O) groups excluding carboxylic acids is 1. The standard InChI is InChI=1S/C21H28N2O3.ClH/c1-23(2)15-16-7-9-17(10-8-16)18-11-13-19(14-12-18)20(24)5-3-4-6-21(25)22-26;/h7-14,20,24,26H,3-6,15H2,1-2H3,(H,22,25);1H. The van der Waals surface area contributed by atoms with Crippen molar-refractivity contribution >= 4 is 18.3 Å². The van der Waals surface area contributed by atoms with Gasteiger partial charge in [-0.2, -0.15) is 0 Å². The van der Waals surface area contributed by atoms with Crippen LogP contribution in [-0.4, -0.2) is 35.2 Å². The Kier molecular flexibility index (Phi) is 10.0. The minimum atomic E-state index is -0.538. The lowest BCUT2D eigenvalue weighted by Gasteiger charge is -2.12. The van der Waals surface area contributed by atoms with Gasteiger partial charge in [0.25, 0.3) is 0 Å². The van der Waals surface area contributed by atoms with Gasteiger partial charge in [-0.25, -0.2) is 5.48 Å². The van der Waals surface area contributed by atoms with Gasteiger partial charge in [-0.3, -0.25) is 10.0 Å². The van der Waals surface area contributed by atoms with Crippen molar-refractivity contribution in [3.05, 3.63) is 59.7 Å². The normalized spacial score (nSPS) is 11.7. The molecule has 2 rings (SSSR count). The van der Waals surface area contributed by atoms with E-state index in [9.17, 15) is 9.90 Å². The highest BCUT2D eigenvalue weighted by atomic mass is 35.5. The number of aliphatic hydroxyl groups excluding tert-OH is 1. The van der Waals surface area contributed by atoms with E-state index in [0.29, 0.717) is 12.8 Å². The number of carbonyl (C=O) groups is 1. The third-order valence-electron chi connectivity index (χ3n) is 4.34. The van der Waals surface area contributed by atoms with E-state index >= 15 is 0 Å². The summed E-state index contributed by atoms with van der Waals surface area (Å²) in [7, 11) is 4.11. The van der Waals surface area contributed by atoms with Crippen LogP contribution in [0.3, 0.4) is 0 Å². The summed E-state index contributed by atoms with van der Waals surface area (Å²) in [6.07, 6.45) is 1.69. The number of hydrogen-bond acceptors (Lipinski definition) is 4. The first-order chi connectivity index (χ1) is 12.5. The summed E-state index contributed by atoms with van der Waals surface area (Å²) < 4.78 is 0. The maximum absolute atomic E-state index is 10.9. The van der Waals surface area contributed by atoms with E-state index in [1.165, 1.54) is 5.56 Å². The van der Waals surface area contributed by atoms with Crippen LogP contribution < -0.4 is 5.48 Å². The molecule has 148 valence electrons. The van der Waals surface area contributed by atoms with Crippen LogP contribution in [0.4, 0.5) is 0 Å². The molecule has 0 saturated carbocycles. The first-order valence-corrected chi connectivity index (χ1v) is 8.94. The highest BCUT2D eigenvalue weighted by Crippen LogP contribution is 2.25. The Labute approximate surface area is 167 Å². The number of nitrogens with zero attached hydrogens (tertiary/aromatic N) is 1. The van der Waals surface area contributed by atoms with Crippen molar-refractivity contribution in [2.75, 3.05) is 14.1 Å². The lowest BCUT2D eigenvalue weighted by Crippen LogP contribution is -2.17. The summed E-state index contributed by atoms with van der Waals surface area (Å²) in [5, 5.41) is 18.7. The van der Waals surface area contributed by atoms with Gasteiger partial charge in [0.1, 0.15) is 0 Å². The van der Waals surface area contributed by atoms with Crippen LogP contribution in [0.25, 0.3) is 11.1 Å². The zero-order valence-corrected chi connectivity index (χ0v) is 16.7. The fraction of sp³-hybridized carbons (Fsp3) is 0.381. The third-order valence-corrected chi connectivity index (χ3v) is 4.34. The quantitative estimate of drug-likeness (QED) is 0.343. The zero-order chi connectivity index (χ0) is 18.9. The molecule has 0 aliphatic rings. The molecule has 1 amide bonds. The topological polar surface area (TPSA) is 72.8 Å². The highest BCUT2D eigenvalue weighted by Gasteiger charge is 2.08. The molecule has 2 aromatic rings. The SMILES string of the molecule is CN(C)Cc1ccc(-c2ccc(C(O)CCCCC(=O)NO)cc2)cc1.Cl. The van der Waals surface area contributed by atoms with Crippen molar-refractivity contribution in [1.82, 2.24) is 10.4 Å². The second-order valence-electron chi connectivity index (χ2n) is 6.85. The van der Waals surface area contributed by atoms with Crippen LogP contribution in [-0.2, 0) is 11.3 Å². The summed E-state index contributed by atoms with van der Waals surface area (Å²) >= 11 is 0. The van der Waals surface area contributed by atoms with Crippen LogP contribution >= 0.6 is 12.4 Å². The number of unbranched alkanes of at least 4 members (excludes halogenated alkanes) is 1. The van der Waals surface area contributed by atoms with E-state index in [4.69, 9.17) is 5.21 Å². The van der Waals surface area contributed by atoms with Crippen molar-refractivity contribution in [2.45, 2.75) is 38.3 Å². The molecule has 0 bridgehead atoms. The monoisotopic (exact) mass is 392 g/mol. The van der Waals surface area contributed by atoms with Gasteiger partial charge in [-0.05, 0) is 49.2 Å². The number of hydrogen-bond donors (Lipinski definition) is 3. The fourth-order valence-electron chi connectivity index (χ4n) is 2.91. The number of nitrogens with one attached hydrogen (secondary N) is 1. The first kappa shape index (κ1) is 23.1. The Morgan fingerprint density at radius 2 is 1.56 bits per heavy atom. The summed E-state index contributed by atoms with van der Waals surface area (Å²) in [6, 6.07) is 16.5. The van der Waals surface area contributed by atoms with E-state index in [-0.39, 0.29) is 24.7 Å². The zero-order valence-electron chi connectivity index (χ0n) is 15.9. The minimum absolute atomic E-state index is 0. The molecule has 5 nitrogen and oxygen atoms in total. The summed E-state index contributed by atoms with van der Waals surface area (Å²) in [4.78, 5) is 13.1. The van der Waals surface area contributed by atoms with Crippen LogP contribution in [0.15, 0.2) is 48.5 Å². The van der Waals surface area contributed by atoms with Gasteiger partial charge in [-0.1, -0.05) is 55.0 Å².